The number of nitrogens with zero attached hydrogens (tertiary/aromatic N) is 2. The van der Waals surface area contributed by atoms with Crippen LogP contribution in [0.2, 0.25) is 0 Å². The molecule has 2 aromatic carbocycles. The van der Waals surface area contributed by atoms with Gasteiger partial charge in [-0.2, -0.15) is 13.2 Å². The zero-order chi connectivity index (χ0) is 21.8. The molecular formula is C21H14F5N3O. The predicted octanol–water partition coefficient (Wildman–Crippen LogP) is 5.27. The Bertz CT molecular complexity index is 1330. The second kappa shape index (κ2) is 6.79. The van der Waals surface area contributed by atoms with Gasteiger partial charge in [-0.05, 0) is 38.1 Å². The number of aromatic amines is 1. The molecule has 0 fully saturated rings. The SMILES string of the molecule is Cc1[nH]n2c(=O)c(C)c(-c3ccc(C(F)(F)F)cc3)nc2c1-c1ccc(F)cc1F. The number of rotatable bonds is 2. The normalized spacial score (nSPS) is 12.0. The monoisotopic (exact) mass is 419 g/mol. The maximum atomic E-state index is 14.4. The van der Waals surface area contributed by atoms with Crippen LogP contribution in [0.4, 0.5) is 22.0 Å². The van der Waals surface area contributed by atoms with E-state index in [4.69, 9.17) is 0 Å². The van der Waals surface area contributed by atoms with Gasteiger partial charge >= 0.3 is 6.18 Å². The van der Waals surface area contributed by atoms with Crippen LogP contribution >= 0.6 is 0 Å². The van der Waals surface area contributed by atoms with Crippen LogP contribution in [0.15, 0.2) is 47.3 Å². The molecule has 4 rings (SSSR count). The van der Waals surface area contributed by atoms with Crippen LogP contribution in [0.5, 0.6) is 0 Å². The molecule has 30 heavy (non-hydrogen) atoms. The molecule has 0 aliphatic heterocycles. The van der Waals surface area contributed by atoms with Crippen LogP contribution in [0.3, 0.4) is 0 Å². The fourth-order valence-corrected chi connectivity index (χ4v) is 3.38. The first kappa shape index (κ1) is 19.8. The molecule has 2 heterocycles. The van der Waals surface area contributed by atoms with Gasteiger partial charge < -0.3 is 0 Å². The second-order valence-electron chi connectivity index (χ2n) is 6.86. The zero-order valence-corrected chi connectivity index (χ0v) is 15.7. The molecule has 0 unspecified atom stereocenters. The van der Waals surface area contributed by atoms with E-state index in [-0.39, 0.29) is 28.0 Å². The number of nitrogens with one attached hydrogen (secondary N) is 1. The van der Waals surface area contributed by atoms with Gasteiger partial charge in [0.05, 0.1) is 11.3 Å². The number of aromatic nitrogens is 3. The van der Waals surface area contributed by atoms with Gasteiger partial charge in [-0.3, -0.25) is 9.89 Å². The van der Waals surface area contributed by atoms with Gasteiger partial charge in [-0.1, -0.05) is 12.1 Å². The number of aryl methyl sites for hydroxylation is 1. The average molecular weight is 419 g/mol. The molecule has 0 bridgehead atoms. The number of fused-ring (bicyclic) bond motifs is 1. The van der Waals surface area contributed by atoms with Crippen molar-refractivity contribution in [1.29, 1.82) is 0 Å². The third-order valence-corrected chi connectivity index (χ3v) is 4.87. The largest absolute Gasteiger partial charge is 0.416 e. The van der Waals surface area contributed by atoms with Gasteiger partial charge in [0.15, 0.2) is 5.65 Å². The summed E-state index contributed by atoms with van der Waals surface area (Å²) in [6.45, 7) is 3.11. The number of hydrogen-bond donors (Lipinski definition) is 1. The van der Waals surface area contributed by atoms with Gasteiger partial charge in [-0.15, -0.1) is 0 Å². The number of hydrogen-bond acceptors (Lipinski definition) is 2. The Morgan fingerprint density at radius 3 is 2.27 bits per heavy atom. The van der Waals surface area contributed by atoms with E-state index < -0.39 is 28.9 Å². The molecule has 0 atom stereocenters. The number of alkyl halides is 3. The van der Waals surface area contributed by atoms with Crippen molar-refractivity contribution in [3.8, 4) is 22.4 Å². The lowest BCUT2D eigenvalue weighted by Gasteiger charge is -2.10. The Morgan fingerprint density at radius 2 is 1.67 bits per heavy atom. The summed E-state index contributed by atoms with van der Waals surface area (Å²) in [5.41, 5.74) is 0.206. The van der Waals surface area contributed by atoms with Crippen molar-refractivity contribution in [3.05, 3.63) is 81.3 Å². The molecule has 0 saturated carbocycles. The molecule has 154 valence electrons. The van der Waals surface area contributed by atoms with Crippen molar-refractivity contribution >= 4 is 5.65 Å². The van der Waals surface area contributed by atoms with E-state index in [0.717, 1.165) is 28.8 Å². The highest BCUT2D eigenvalue weighted by Gasteiger charge is 2.30. The summed E-state index contributed by atoms with van der Waals surface area (Å²) in [5, 5.41) is 2.82. The summed E-state index contributed by atoms with van der Waals surface area (Å²) in [6, 6.07) is 7.32. The molecule has 1 N–H and O–H groups in total. The molecule has 0 amide bonds. The maximum absolute atomic E-state index is 14.4. The van der Waals surface area contributed by atoms with Gasteiger partial charge in [-0.25, -0.2) is 18.3 Å². The minimum Gasteiger partial charge on any atom is -0.293 e. The average Bonchev–Trinajstić information content (AvgIpc) is 3.00. The molecule has 2 aromatic heterocycles. The lowest BCUT2D eigenvalue weighted by atomic mass is 10.0. The van der Waals surface area contributed by atoms with E-state index in [1.165, 1.54) is 25.1 Å². The van der Waals surface area contributed by atoms with E-state index >= 15 is 0 Å². The van der Waals surface area contributed by atoms with Crippen LogP contribution in [-0.4, -0.2) is 14.6 Å². The summed E-state index contributed by atoms with van der Waals surface area (Å²) < 4.78 is 67.4. The van der Waals surface area contributed by atoms with E-state index in [0.29, 0.717) is 11.3 Å². The van der Waals surface area contributed by atoms with Crippen LogP contribution < -0.4 is 5.56 Å². The van der Waals surface area contributed by atoms with Crippen molar-refractivity contribution in [1.82, 2.24) is 14.6 Å². The van der Waals surface area contributed by atoms with E-state index in [2.05, 4.69) is 10.1 Å². The fraction of sp³-hybridized carbons (Fsp3) is 0.143. The van der Waals surface area contributed by atoms with Gasteiger partial charge in [0.2, 0.25) is 0 Å². The topological polar surface area (TPSA) is 50.2 Å². The summed E-state index contributed by atoms with van der Waals surface area (Å²) in [6.07, 6.45) is -4.49. The molecule has 0 radical (unpaired) electrons. The zero-order valence-electron chi connectivity index (χ0n) is 15.7. The van der Waals surface area contributed by atoms with E-state index in [1.54, 1.807) is 6.92 Å². The lowest BCUT2D eigenvalue weighted by molar-refractivity contribution is -0.137. The first-order valence-electron chi connectivity index (χ1n) is 8.83. The van der Waals surface area contributed by atoms with Crippen molar-refractivity contribution < 1.29 is 22.0 Å². The molecule has 9 heteroatoms. The van der Waals surface area contributed by atoms with Crippen LogP contribution in [-0.2, 0) is 6.18 Å². The first-order valence-corrected chi connectivity index (χ1v) is 8.83. The first-order chi connectivity index (χ1) is 14.1. The number of benzene rings is 2. The Balaban J connectivity index is 1.97. The maximum Gasteiger partial charge on any atom is 0.416 e. The molecule has 4 aromatic rings. The van der Waals surface area contributed by atoms with Crippen molar-refractivity contribution in [2.24, 2.45) is 0 Å². The lowest BCUT2D eigenvalue weighted by Crippen LogP contribution is -2.19. The molecule has 0 aliphatic carbocycles. The predicted molar refractivity (Wildman–Crippen MR) is 101 cm³/mol. The highest BCUT2D eigenvalue weighted by atomic mass is 19.4. The Kier molecular flexibility index (Phi) is 4.48. The molecule has 0 saturated heterocycles. The Labute approximate surface area is 166 Å². The van der Waals surface area contributed by atoms with Crippen LogP contribution in [0.1, 0.15) is 16.8 Å². The molecule has 4 nitrogen and oxygen atoms in total. The molecule has 0 spiro atoms. The standard InChI is InChI=1S/C21H14F5N3O/c1-10-18(12-3-5-13(6-4-12)21(24,25)26)27-19-17(11(2)28-29(19)20(10)30)15-8-7-14(22)9-16(15)23/h3-9,28H,1-2H3. The summed E-state index contributed by atoms with van der Waals surface area (Å²) in [4.78, 5) is 17.3. The molecule has 0 aliphatic rings. The summed E-state index contributed by atoms with van der Waals surface area (Å²) in [5.74, 6) is -1.58. The number of halogens is 5. The Morgan fingerprint density at radius 1 is 1.00 bits per heavy atom. The quantitative estimate of drug-likeness (QED) is 0.450. The third kappa shape index (κ3) is 3.16. The van der Waals surface area contributed by atoms with Gasteiger partial charge in [0, 0.05) is 34.0 Å². The summed E-state index contributed by atoms with van der Waals surface area (Å²) >= 11 is 0. The number of H-pyrrole nitrogens is 1. The second-order valence-corrected chi connectivity index (χ2v) is 6.86. The minimum absolute atomic E-state index is 0.0433. The Hall–Kier alpha value is -3.49. The van der Waals surface area contributed by atoms with Crippen LogP contribution in [0, 0.1) is 25.5 Å². The minimum atomic E-state index is -4.49. The van der Waals surface area contributed by atoms with E-state index in [1.807, 2.05) is 0 Å². The smallest absolute Gasteiger partial charge is 0.293 e. The van der Waals surface area contributed by atoms with Gasteiger partial charge in [0.25, 0.3) is 5.56 Å². The third-order valence-electron chi connectivity index (χ3n) is 4.87. The van der Waals surface area contributed by atoms with Crippen molar-refractivity contribution in [2.45, 2.75) is 20.0 Å². The molecular weight excluding hydrogens is 405 g/mol. The fourth-order valence-electron chi connectivity index (χ4n) is 3.38. The van der Waals surface area contributed by atoms with Crippen molar-refractivity contribution in [2.75, 3.05) is 0 Å². The van der Waals surface area contributed by atoms with Crippen molar-refractivity contribution in [3.63, 3.8) is 0 Å². The highest BCUT2D eigenvalue weighted by molar-refractivity contribution is 5.81. The van der Waals surface area contributed by atoms with Gasteiger partial charge in [0.1, 0.15) is 11.6 Å². The van der Waals surface area contributed by atoms with E-state index in [9.17, 15) is 26.7 Å². The summed E-state index contributed by atoms with van der Waals surface area (Å²) in [7, 11) is 0. The van der Waals surface area contributed by atoms with Crippen LogP contribution in [0.25, 0.3) is 28.0 Å². The highest BCUT2D eigenvalue weighted by Crippen LogP contribution is 2.33.